The molecule has 0 spiro atoms. The van der Waals surface area contributed by atoms with Gasteiger partial charge in [-0.2, -0.15) is 0 Å². The minimum absolute atomic E-state index is 0.0785. The number of hydrogen-bond donors (Lipinski definition) is 1. The van der Waals surface area contributed by atoms with Gasteiger partial charge in [0.1, 0.15) is 17.4 Å². The molecule has 0 aliphatic heterocycles. The molecule has 0 fully saturated rings. The summed E-state index contributed by atoms with van der Waals surface area (Å²) in [5.74, 6) is 0. The van der Waals surface area contributed by atoms with Gasteiger partial charge in [-0.15, -0.1) is 0 Å². The van der Waals surface area contributed by atoms with Crippen LogP contribution in [-0.4, -0.2) is 33.3 Å². The van der Waals surface area contributed by atoms with Crippen molar-refractivity contribution in [2.75, 3.05) is 11.6 Å². The number of nitrogens with one attached hydrogen (secondary N) is 1. The number of hydrogen-bond acceptors (Lipinski definition) is 3. The highest BCUT2D eigenvalue weighted by Crippen LogP contribution is 2.22. The summed E-state index contributed by atoms with van der Waals surface area (Å²) in [4.78, 5) is 21.2. The van der Waals surface area contributed by atoms with Gasteiger partial charge in [-0.3, -0.25) is 4.98 Å². The number of aromatic nitrogens is 3. The second kappa shape index (κ2) is 5.63. The van der Waals surface area contributed by atoms with Crippen LogP contribution in [0.3, 0.4) is 0 Å². The van der Waals surface area contributed by atoms with Gasteiger partial charge in [0.2, 0.25) is 0 Å². The summed E-state index contributed by atoms with van der Waals surface area (Å²) in [6.07, 6.45) is 3.41. The average Bonchev–Trinajstić information content (AvgIpc) is 2.92. The minimum Gasteiger partial charge on any atom is -0.334 e. The number of rotatable bonds is 3. The number of benzene rings is 1. The molecule has 2 amide bonds. The number of para-hydroxylation sites is 1. The molecule has 0 unspecified atom stereocenters. The first-order valence-corrected chi connectivity index (χ1v) is 7.41. The predicted molar refractivity (Wildman–Crippen MR) is 87.5 cm³/mol. The van der Waals surface area contributed by atoms with Gasteiger partial charge in [-0.1, -0.05) is 18.2 Å². The van der Waals surface area contributed by atoms with Crippen molar-refractivity contribution in [3.8, 4) is 0 Å². The Balaban J connectivity index is 2.17. The van der Waals surface area contributed by atoms with E-state index >= 15 is 0 Å². The van der Waals surface area contributed by atoms with Gasteiger partial charge in [0.25, 0.3) is 0 Å². The molecule has 0 atom stereocenters. The number of carbonyl (C=O) groups excluding carboxylic acids is 1. The molecule has 0 saturated heterocycles. The van der Waals surface area contributed by atoms with Crippen LogP contribution in [0.4, 0.5) is 4.79 Å². The molecule has 0 radical (unpaired) electrons. The van der Waals surface area contributed by atoms with Gasteiger partial charge in [0.05, 0.1) is 11.7 Å². The third-order valence-electron chi connectivity index (χ3n) is 3.47. The Kier molecular flexibility index (Phi) is 3.66. The second-order valence-corrected chi connectivity index (χ2v) is 5.42. The molecule has 0 bridgehead atoms. The Bertz CT molecular complexity index is 824. The first-order chi connectivity index (χ1) is 10.6. The Morgan fingerprint density at radius 3 is 2.77 bits per heavy atom. The van der Waals surface area contributed by atoms with Crippen molar-refractivity contribution in [2.45, 2.75) is 26.8 Å². The zero-order chi connectivity index (χ0) is 15.7. The fraction of sp³-hybridized carbons (Fsp3) is 0.312. The zero-order valence-electron chi connectivity index (χ0n) is 12.9. The van der Waals surface area contributed by atoms with Crippen LogP contribution in [0.15, 0.2) is 36.8 Å². The predicted octanol–water partition coefficient (Wildman–Crippen LogP) is 2.66. The maximum atomic E-state index is 12.4. The first-order valence-electron chi connectivity index (χ1n) is 7.41. The van der Waals surface area contributed by atoms with Gasteiger partial charge in [0, 0.05) is 18.0 Å². The number of pyridine rings is 1. The fourth-order valence-electron chi connectivity index (χ4n) is 2.52. The lowest BCUT2D eigenvalue weighted by Crippen LogP contribution is -2.48. The van der Waals surface area contributed by atoms with E-state index in [9.17, 15) is 4.79 Å². The zero-order valence-corrected chi connectivity index (χ0v) is 12.9. The van der Waals surface area contributed by atoms with Gasteiger partial charge in [-0.05, 0) is 26.8 Å². The largest absolute Gasteiger partial charge is 0.336 e. The molecule has 2 heterocycles. The summed E-state index contributed by atoms with van der Waals surface area (Å²) < 4.78 is 1.80. The van der Waals surface area contributed by atoms with Crippen LogP contribution in [0.5, 0.6) is 0 Å². The highest BCUT2D eigenvalue weighted by molar-refractivity contribution is 6.03. The molecule has 6 heteroatoms. The highest BCUT2D eigenvalue weighted by Gasteiger charge is 2.18. The van der Waals surface area contributed by atoms with E-state index in [1.54, 1.807) is 22.2 Å². The monoisotopic (exact) mass is 297 g/mol. The minimum atomic E-state index is -0.141. The normalized spacial score (nSPS) is 11.3. The van der Waals surface area contributed by atoms with E-state index in [0.29, 0.717) is 6.54 Å². The molecule has 0 saturated carbocycles. The fourth-order valence-corrected chi connectivity index (χ4v) is 2.52. The maximum Gasteiger partial charge on any atom is 0.336 e. The van der Waals surface area contributed by atoms with Crippen molar-refractivity contribution in [3.05, 3.63) is 36.8 Å². The molecular weight excluding hydrogens is 278 g/mol. The summed E-state index contributed by atoms with van der Waals surface area (Å²) in [6, 6.07) is 7.80. The van der Waals surface area contributed by atoms with Crippen molar-refractivity contribution >= 4 is 28.0 Å². The Labute approximate surface area is 128 Å². The van der Waals surface area contributed by atoms with E-state index in [-0.39, 0.29) is 12.1 Å². The van der Waals surface area contributed by atoms with E-state index in [1.807, 2.05) is 45.0 Å². The van der Waals surface area contributed by atoms with Crippen LogP contribution in [0.25, 0.3) is 21.9 Å². The van der Waals surface area contributed by atoms with Crippen molar-refractivity contribution in [1.82, 2.24) is 20.0 Å². The lowest BCUT2D eigenvalue weighted by atomic mass is 10.2. The lowest BCUT2D eigenvalue weighted by Gasteiger charge is -2.24. The number of fused-ring (bicyclic) bond motifs is 3. The SMILES string of the molecule is CCN(C(=O)NC(C)C)n1cnc2cnc3ccccc3c21. The first kappa shape index (κ1) is 14.3. The Morgan fingerprint density at radius 2 is 2.05 bits per heavy atom. The number of carbonyl (C=O) groups is 1. The van der Waals surface area contributed by atoms with Crippen molar-refractivity contribution in [3.63, 3.8) is 0 Å². The van der Waals surface area contributed by atoms with Crippen LogP contribution in [0.2, 0.25) is 0 Å². The van der Waals surface area contributed by atoms with Gasteiger partial charge >= 0.3 is 6.03 Å². The molecule has 6 nitrogen and oxygen atoms in total. The molecule has 3 aromatic rings. The number of imidazole rings is 1. The van der Waals surface area contributed by atoms with E-state index < -0.39 is 0 Å². The van der Waals surface area contributed by atoms with Crippen molar-refractivity contribution < 1.29 is 4.79 Å². The maximum absolute atomic E-state index is 12.4. The topological polar surface area (TPSA) is 63.1 Å². The molecule has 2 aromatic heterocycles. The van der Waals surface area contributed by atoms with E-state index in [4.69, 9.17) is 0 Å². The van der Waals surface area contributed by atoms with Crippen molar-refractivity contribution in [2.24, 2.45) is 0 Å². The highest BCUT2D eigenvalue weighted by atomic mass is 16.2. The van der Waals surface area contributed by atoms with Crippen LogP contribution in [-0.2, 0) is 0 Å². The smallest absolute Gasteiger partial charge is 0.334 e. The lowest BCUT2D eigenvalue weighted by molar-refractivity contribution is 0.239. The van der Waals surface area contributed by atoms with Gasteiger partial charge in [-0.25, -0.2) is 19.5 Å². The summed E-state index contributed by atoms with van der Waals surface area (Å²) >= 11 is 0. The third-order valence-corrected chi connectivity index (χ3v) is 3.47. The summed E-state index contributed by atoms with van der Waals surface area (Å²) in [5.41, 5.74) is 2.55. The molecule has 1 N–H and O–H groups in total. The summed E-state index contributed by atoms with van der Waals surface area (Å²) in [6.45, 7) is 6.37. The van der Waals surface area contributed by atoms with Crippen LogP contribution >= 0.6 is 0 Å². The molecule has 114 valence electrons. The van der Waals surface area contributed by atoms with Crippen LogP contribution < -0.4 is 10.3 Å². The second-order valence-electron chi connectivity index (χ2n) is 5.42. The standard InChI is InChI=1S/C16H19N5O/c1-4-20(16(22)19-11(2)3)21-10-18-14-9-17-13-8-6-5-7-12(13)15(14)21/h5-11H,4H2,1-3H3,(H,19,22). The molecule has 3 rings (SSSR count). The molecule has 22 heavy (non-hydrogen) atoms. The summed E-state index contributed by atoms with van der Waals surface area (Å²) in [5, 5.41) is 5.54. The van der Waals surface area contributed by atoms with Crippen LogP contribution in [0, 0.1) is 0 Å². The van der Waals surface area contributed by atoms with Crippen LogP contribution in [0.1, 0.15) is 20.8 Å². The van der Waals surface area contributed by atoms with E-state index in [1.165, 1.54) is 0 Å². The number of urea groups is 1. The average molecular weight is 297 g/mol. The molecule has 0 aliphatic carbocycles. The van der Waals surface area contributed by atoms with E-state index in [2.05, 4.69) is 15.3 Å². The number of nitrogens with zero attached hydrogens (tertiary/aromatic N) is 4. The summed E-state index contributed by atoms with van der Waals surface area (Å²) in [7, 11) is 0. The Hall–Kier alpha value is -2.63. The van der Waals surface area contributed by atoms with Crippen molar-refractivity contribution in [1.29, 1.82) is 0 Å². The third kappa shape index (κ3) is 2.36. The molecular formula is C16H19N5O. The molecule has 1 aromatic carbocycles. The van der Waals surface area contributed by atoms with E-state index in [0.717, 1.165) is 21.9 Å². The molecule has 0 aliphatic rings. The number of amides is 2. The van der Waals surface area contributed by atoms with Gasteiger partial charge < -0.3 is 5.32 Å². The quantitative estimate of drug-likeness (QED) is 0.808. The van der Waals surface area contributed by atoms with Gasteiger partial charge in [0.15, 0.2) is 0 Å². The Morgan fingerprint density at radius 1 is 1.27 bits per heavy atom.